The Labute approximate surface area is 118 Å². The summed E-state index contributed by atoms with van der Waals surface area (Å²) in [6.45, 7) is 4.55. The first-order chi connectivity index (χ1) is 9.90. The predicted molar refractivity (Wildman–Crippen MR) is 81.1 cm³/mol. The zero-order valence-corrected chi connectivity index (χ0v) is 11.1. The van der Waals surface area contributed by atoms with E-state index >= 15 is 0 Å². The summed E-state index contributed by atoms with van der Waals surface area (Å²) in [5.41, 5.74) is 4.30. The first kappa shape index (κ1) is 12.4. The van der Waals surface area contributed by atoms with Crippen LogP contribution in [0, 0.1) is 0 Å². The molecule has 3 nitrogen and oxygen atoms in total. The summed E-state index contributed by atoms with van der Waals surface area (Å²) >= 11 is 0. The molecule has 0 radical (unpaired) electrons. The van der Waals surface area contributed by atoms with Crippen LogP contribution in [0.3, 0.4) is 0 Å². The van der Waals surface area contributed by atoms with Gasteiger partial charge in [0, 0.05) is 30.1 Å². The van der Waals surface area contributed by atoms with Crippen molar-refractivity contribution in [3.05, 3.63) is 73.8 Å². The van der Waals surface area contributed by atoms with E-state index in [1.807, 2.05) is 42.7 Å². The zero-order chi connectivity index (χ0) is 13.8. The van der Waals surface area contributed by atoms with Gasteiger partial charge in [-0.3, -0.25) is 4.98 Å². The van der Waals surface area contributed by atoms with Gasteiger partial charge in [-0.2, -0.15) is 0 Å². The van der Waals surface area contributed by atoms with Crippen LogP contribution in [0.25, 0.3) is 22.5 Å². The summed E-state index contributed by atoms with van der Waals surface area (Å²) in [6.07, 6.45) is 7.34. The number of hydrogen-bond acceptors (Lipinski definition) is 2. The summed E-state index contributed by atoms with van der Waals surface area (Å²) in [5.74, 6) is 0. The van der Waals surface area contributed by atoms with Crippen LogP contribution in [0.5, 0.6) is 0 Å². The van der Waals surface area contributed by atoms with Gasteiger partial charge in [-0.15, -0.1) is 6.58 Å². The number of benzene rings is 1. The molecular weight excluding hydrogens is 246 g/mol. The van der Waals surface area contributed by atoms with E-state index in [9.17, 15) is 0 Å². The highest BCUT2D eigenvalue weighted by Gasteiger charge is 2.13. The lowest BCUT2D eigenvalue weighted by atomic mass is 10.1. The molecular formula is C17H15N3. The first-order valence-electron chi connectivity index (χ1n) is 6.52. The maximum absolute atomic E-state index is 4.58. The van der Waals surface area contributed by atoms with Crippen molar-refractivity contribution in [2.24, 2.45) is 0 Å². The molecule has 0 aliphatic heterocycles. The molecule has 20 heavy (non-hydrogen) atoms. The fourth-order valence-electron chi connectivity index (χ4n) is 2.28. The average molecular weight is 261 g/mol. The third-order valence-electron chi connectivity index (χ3n) is 3.16. The minimum absolute atomic E-state index is 0.734. The molecule has 0 aliphatic rings. The van der Waals surface area contributed by atoms with Gasteiger partial charge >= 0.3 is 0 Å². The lowest BCUT2D eigenvalue weighted by Gasteiger charge is -2.08. The van der Waals surface area contributed by atoms with Crippen molar-refractivity contribution in [3.8, 4) is 22.5 Å². The van der Waals surface area contributed by atoms with Crippen molar-refractivity contribution in [1.82, 2.24) is 14.5 Å². The third-order valence-corrected chi connectivity index (χ3v) is 3.16. The zero-order valence-electron chi connectivity index (χ0n) is 11.1. The molecule has 3 aromatic rings. The van der Waals surface area contributed by atoms with Gasteiger partial charge in [-0.1, -0.05) is 36.4 Å². The molecule has 98 valence electrons. The fourth-order valence-corrected chi connectivity index (χ4v) is 2.28. The minimum atomic E-state index is 0.734. The Morgan fingerprint density at radius 1 is 1.00 bits per heavy atom. The van der Waals surface area contributed by atoms with Crippen LogP contribution in [0.4, 0.5) is 0 Å². The molecule has 0 bridgehead atoms. The van der Waals surface area contributed by atoms with Crippen LogP contribution in [0.15, 0.2) is 73.8 Å². The third kappa shape index (κ3) is 2.26. The van der Waals surface area contributed by atoms with Crippen LogP contribution in [0.2, 0.25) is 0 Å². The van der Waals surface area contributed by atoms with Gasteiger partial charge in [0.2, 0.25) is 0 Å². The first-order valence-corrected chi connectivity index (χ1v) is 6.52. The summed E-state index contributed by atoms with van der Waals surface area (Å²) in [5, 5.41) is 0. The Bertz CT molecular complexity index is 700. The molecule has 2 aromatic heterocycles. The highest BCUT2D eigenvalue weighted by Crippen LogP contribution is 2.30. The second kappa shape index (κ2) is 5.53. The van der Waals surface area contributed by atoms with Gasteiger partial charge in [-0.05, 0) is 12.1 Å². The quantitative estimate of drug-likeness (QED) is 0.669. The molecule has 0 fully saturated rings. The fraction of sp³-hybridized carbons (Fsp3) is 0.0588. The number of nitrogens with zero attached hydrogens (tertiary/aromatic N) is 3. The number of rotatable bonds is 4. The number of allylic oxidation sites excluding steroid dienone is 1. The van der Waals surface area contributed by atoms with E-state index < -0.39 is 0 Å². The molecule has 0 amide bonds. The molecule has 0 spiro atoms. The number of imidazole rings is 1. The van der Waals surface area contributed by atoms with Crippen LogP contribution < -0.4 is 0 Å². The highest BCUT2D eigenvalue weighted by atomic mass is 15.1. The van der Waals surface area contributed by atoms with Crippen molar-refractivity contribution < 1.29 is 0 Å². The predicted octanol–water partition coefficient (Wildman–Crippen LogP) is 3.80. The second-order valence-corrected chi connectivity index (χ2v) is 4.48. The Morgan fingerprint density at radius 3 is 2.45 bits per heavy atom. The summed E-state index contributed by atoms with van der Waals surface area (Å²) < 4.78 is 2.10. The van der Waals surface area contributed by atoms with E-state index in [0.29, 0.717) is 0 Å². The van der Waals surface area contributed by atoms with Crippen LogP contribution in [-0.4, -0.2) is 14.5 Å². The molecule has 1 aromatic carbocycles. The number of pyridine rings is 1. The van der Waals surface area contributed by atoms with Gasteiger partial charge in [-0.25, -0.2) is 4.98 Å². The molecule has 2 heterocycles. The minimum Gasteiger partial charge on any atom is -0.326 e. The van der Waals surface area contributed by atoms with Crippen molar-refractivity contribution >= 4 is 0 Å². The number of aromatic nitrogens is 3. The van der Waals surface area contributed by atoms with Gasteiger partial charge in [0.25, 0.3) is 0 Å². The molecule has 0 atom stereocenters. The lowest BCUT2D eigenvalue weighted by Crippen LogP contribution is -1.97. The smallest absolute Gasteiger partial charge is 0.0963 e. The molecule has 0 saturated heterocycles. The van der Waals surface area contributed by atoms with Crippen LogP contribution in [-0.2, 0) is 6.54 Å². The summed E-state index contributed by atoms with van der Waals surface area (Å²) in [6, 6.07) is 14.2. The van der Waals surface area contributed by atoms with E-state index in [1.165, 1.54) is 0 Å². The largest absolute Gasteiger partial charge is 0.326 e. The van der Waals surface area contributed by atoms with Crippen molar-refractivity contribution in [3.63, 3.8) is 0 Å². The Balaban J connectivity index is 2.19. The summed E-state index contributed by atoms with van der Waals surface area (Å²) in [4.78, 5) is 8.66. The van der Waals surface area contributed by atoms with E-state index in [0.717, 1.165) is 29.1 Å². The monoisotopic (exact) mass is 261 g/mol. The number of hydrogen-bond donors (Lipinski definition) is 0. The van der Waals surface area contributed by atoms with E-state index in [2.05, 4.69) is 33.2 Å². The normalized spacial score (nSPS) is 10.4. The SMILES string of the molecule is C=CCn1cnc(-c2ccccc2)c1-c1ccncc1. The van der Waals surface area contributed by atoms with Crippen molar-refractivity contribution in [2.75, 3.05) is 0 Å². The topological polar surface area (TPSA) is 30.7 Å². The maximum atomic E-state index is 4.58. The Kier molecular flexibility index (Phi) is 3.42. The summed E-state index contributed by atoms with van der Waals surface area (Å²) in [7, 11) is 0. The second-order valence-electron chi connectivity index (χ2n) is 4.48. The van der Waals surface area contributed by atoms with Crippen LogP contribution >= 0.6 is 0 Å². The van der Waals surface area contributed by atoms with Gasteiger partial charge in [0.05, 0.1) is 17.7 Å². The van der Waals surface area contributed by atoms with Crippen molar-refractivity contribution in [1.29, 1.82) is 0 Å². The molecule has 0 N–H and O–H groups in total. The lowest BCUT2D eigenvalue weighted by molar-refractivity contribution is 0.829. The van der Waals surface area contributed by atoms with Gasteiger partial charge < -0.3 is 4.57 Å². The standard InChI is InChI=1S/C17H15N3/c1-2-12-20-13-19-16(14-6-4-3-5-7-14)17(20)15-8-10-18-11-9-15/h2-11,13H,1,12H2. The maximum Gasteiger partial charge on any atom is 0.0963 e. The van der Waals surface area contributed by atoms with E-state index in [-0.39, 0.29) is 0 Å². The van der Waals surface area contributed by atoms with E-state index in [4.69, 9.17) is 0 Å². The van der Waals surface area contributed by atoms with Gasteiger partial charge in [0.1, 0.15) is 0 Å². The highest BCUT2D eigenvalue weighted by molar-refractivity contribution is 5.78. The molecule has 3 rings (SSSR count). The van der Waals surface area contributed by atoms with Crippen molar-refractivity contribution in [2.45, 2.75) is 6.54 Å². The molecule has 0 unspecified atom stereocenters. The molecule has 0 saturated carbocycles. The Morgan fingerprint density at radius 2 is 1.75 bits per heavy atom. The van der Waals surface area contributed by atoms with E-state index in [1.54, 1.807) is 12.4 Å². The molecule has 0 aliphatic carbocycles. The van der Waals surface area contributed by atoms with Gasteiger partial charge in [0.15, 0.2) is 0 Å². The van der Waals surface area contributed by atoms with Crippen LogP contribution in [0.1, 0.15) is 0 Å². The molecule has 3 heteroatoms. The average Bonchev–Trinajstić information content (AvgIpc) is 2.93. The Hall–Kier alpha value is -2.68.